The van der Waals surface area contributed by atoms with E-state index in [0.29, 0.717) is 18.4 Å². The van der Waals surface area contributed by atoms with Gasteiger partial charge in [0, 0.05) is 12.6 Å². The first-order valence-electron chi connectivity index (χ1n) is 15.2. The molecule has 222 valence electrons. The first-order valence-corrected chi connectivity index (χ1v) is 18.5. The van der Waals surface area contributed by atoms with Gasteiger partial charge in [-0.25, -0.2) is 17.5 Å². The molecule has 6 nitrogen and oxygen atoms in total. The average Bonchev–Trinajstić information content (AvgIpc) is 3.50. The van der Waals surface area contributed by atoms with Crippen molar-refractivity contribution in [3.05, 3.63) is 90.5 Å². The summed E-state index contributed by atoms with van der Waals surface area (Å²) in [7, 11) is -6.46. The third-order valence-electron chi connectivity index (χ3n) is 9.75. The molecule has 3 fully saturated rings. The third kappa shape index (κ3) is 4.91. The van der Waals surface area contributed by atoms with Crippen molar-refractivity contribution in [3.8, 4) is 0 Å². The zero-order valence-corrected chi connectivity index (χ0v) is 26.9. The zero-order chi connectivity index (χ0) is 29.7. The maximum absolute atomic E-state index is 13.5. The number of rotatable bonds is 7. The second-order valence-corrected chi connectivity index (χ2v) is 19.6. The van der Waals surface area contributed by atoms with Gasteiger partial charge < -0.3 is 9.33 Å². The molecular weight excluding hydrogens is 561 g/mol. The summed E-state index contributed by atoms with van der Waals surface area (Å²) in [5.74, 6) is 0.792. The predicted octanol–water partition coefficient (Wildman–Crippen LogP) is 5.56. The molecule has 4 atom stereocenters. The van der Waals surface area contributed by atoms with Gasteiger partial charge in [0.25, 0.3) is 18.3 Å². The molecule has 1 aliphatic carbocycles. The molecule has 2 aliphatic heterocycles. The van der Waals surface area contributed by atoms with Gasteiger partial charge in [-0.05, 0) is 72.0 Å². The van der Waals surface area contributed by atoms with Crippen molar-refractivity contribution in [3.63, 3.8) is 0 Å². The van der Waals surface area contributed by atoms with Crippen LogP contribution in [0.4, 0.5) is 4.79 Å². The van der Waals surface area contributed by atoms with E-state index in [1.807, 2.05) is 11.8 Å². The molecule has 0 unspecified atom stereocenters. The van der Waals surface area contributed by atoms with Crippen LogP contribution in [0.25, 0.3) is 0 Å². The second-order valence-electron chi connectivity index (χ2n) is 13.4. The number of amides is 2. The topological polar surface area (TPSA) is 66.9 Å². The molecule has 3 aliphatic rings. The predicted molar refractivity (Wildman–Crippen MR) is 169 cm³/mol. The molecular formula is C34H42N2O4SSi. The van der Waals surface area contributed by atoms with Crippen LogP contribution in [0.15, 0.2) is 89.8 Å². The first-order chi connectivity index (χ1) is 20.0. The smallest absolute Gasteiger partial charge is 0.334 e. The van der Waals surface area contributed by atoms with Gasteiger partial charge in [-0.15, -0.1) is 0 Å². The van der Waals surface area contributed by atoms with Crippen LogP contribution in [-0.2, 0) is 14.4 Å². The van der Waals surface area contributed by atoms with Gasteiger partial charge in [-0.1, -0.05) is 99.1 Å². The van der Waals surface area contributed by atoms with Crippen LogP contribution >= 0.6 is 0 Å². The van der Waals surface area contributed by atoms with Crippen LogP contribution in [0.3, 0.4) is 0 Å². The lowest BCUT2D eigenvalue weighted by Crippen LogP contribution is -2.67. The molecule has 0 bridgehead atoms. The number of hydrogen-bond donors (Lipinski definition) is 0. The molecule has 0 N–H and O–H groups in total. The highest BCUT2D eigenvalue weighted by Crippen LogP contribution is 2.46. The molecule has 2 saturated heterocycles. The van der Waals surface area contributed by atoms with E-state index in [1.165, 1.54) is 10.4 Å². The molecule has 0 radical (unpaired) electrons. The summed E-state index contributed by atoms with van der Waals surface area (Å²) in [4.78, 5) is 15.6. The number of nitrogens with zero attached hydrogens (tertiary/aromatic N) is 2. The van der Waals surface area contributed by atoms with Gasteiger partial charge >= 0.3 is 6.03 Å². The van der Waals surface area contributed by atoms with Crippen molar-refractivity contribution >= 4 is 34.7 Å². The Morgan fingerprint density at radius 1 is 0.857 bits per heavy atom. The number of hydrogen-bond acceptors (Lipinski definition) is 4. The Hall–Kier alpha value is -2.94. The third-order valence-corrected chi connectivity index (χ3v) is 16.5. The fraction of sp³-hybridized carbons (Fsp3) is 0.441. The number of urea groups is 1. The minimum atomic E-state index is -3.86. The van der Waals surface area contributed by atoms with Crippen molar-refractivity contribution in [2.45, 2.75) is 75.4 Å². The molecule has 0 spiro atoms. The lowest BCUT2D eigenvalue weighted by molar-refractivity contribution is 0.124. The Balaban J connectivity index is 1.18. The van der Waals surface area contributed by atoms with E-state index in [9.17, 15) is 13.2 Å². The van der Waals surface area contributed by atoms with Crippen LogP contribution in [0.5, 0.6) is 0 Å². The summed E-state index contributed by atoms with van der Waals surface area (Å²) in [5.41, 5.74) is 0.987. The quantitative estimate of drug-likeness (QED) is 0.333. The lowest BCUT2D eigenvalue weighted by Gasteiger charge is -2.44. The van der Waals surface area contributed by atoms with Crippen LogP contribution in [0.2, 0.25) is 5.04 Å². The maximum Gasteiger partial charge on any atom is 0.334 e. The summed E-state index contributed by atoms with van der Waals surface area (Å²) in [6.07, 6.45) is 3.72. The Morgan fingerprint density at radius 3 is 2.02 bits per heavy atom. The number of aryl methyl sites for hydroxylation is 1. The standard InChI is InChI=1S/C34H42N2O4SSi/c1-25-15-18-29(19-16-25)41(38,39)35-23-28-22-27-21-26(17-20-32(27)36(28)33(35)37)24-40-42(34(2,3)4,30-11-7-5-8-12-30)31-13-9-6-10-14-31/h5-16,18-19,26-28,32H,17,20-24H2,1-4H3/t26-,27+,28-,32-/m0/s1. The minimum Gasteiger partial charge on any atom is -0.407 e. The van der Waals surface area contributed by atoms with E-state index in [0.717, 1.165) is 35.6 Å². The molecule has 8 heteroatoms. The Morgan fingerprint density at radius 2 is 1.45 bits per heavy atom. The summed E-state index contributed by atoms with van der Waals surface area (Å²) in [5, 5.41) is 2.51. The van der Waals surface area contributed by atoms with Crippen molar-refractivity contribution in [1.82, 2.24) is 9.21 Å². The summed E-state index contributed by atoms with van der Waals surface area (Å²) >= 11 is 0. The molecule has 1 saturated carbocycles. The van der Waals surface area contributed by atoms with Crippen LogP contribution < -0.4 is 10.4 Å². The highest BCUT2D eigenvalue weighted by molar-refractivity contribution is 7.89. The number of sulfonamides is 1. The number of fused-ring (bicyclic) bond motifs is 3. The summed E-state index contributed by atoms with van der Waals surface area (Å²) < 4.78 is 35.1. The number of benzene rings is 3. The van der Waals surface area contributed by atoms with Gasteiger partial charge in [0.1, 0.15) is 0 Å². The van der Waals surface area contributed by atoms with Gasteiger partial charge in [-0.3, -0.25) is 0 Å². The molecule has 3 aromatic rings. The van der Waals surface area contributed by atoms with Gasteiger partial charge in [0.15, 0.2) is 0 Å². The monoisotopic (exact) mass is 602 g/mol. The van der Waals surface area contributed by atoms with E-state index in [4.69, 9.17) is 4.43 Å². The normalized spacial score (nSPS) is 24.5. The van der Waals surface area contributed by atoms with Crippen molar-refractivity contribution < 1.29 is 17.6 Å². The largest absolute Gasteiger partial charge is 0.407 e. The van der Waals surface area contributed by atoms with Crippen molar-refractivity contribution in [2.75, 3.05) is 13.2 Å². The zero-order valence-electron chi connectivity index (χ0n) is 25.1. The molecule has 2 amide bonds. The Bertz CT molecular complexity index is 1480. The highest BCUT2D eigenvalue weighted by Gasteiger charge is 2.55. The second kappa shape index (κ2) is 11.0. The molecule has 0 aromatic heterocycles. The molecule has 6 rings (SSSR count). The van der Waals surface area contributed by atoms with Crippen LogP contribution in [0.1, 0.15) is 52.0 Å². The van der Waals surface area contributed by atoms with E-state index in [2.05, 4.69) is 81.4 Å². The van der Waals surface area contributed by atoms with Gasteiger partial charge in [0.2, 0.25) is 0 Å². The lowest BCUT2D eigenvalue weighted by atomic mass is 9.78. The highest BCUT2D eigenvalue weighted by atomic mass is 32.2. The van der Waals surface area contributed by atoms with E-state index in [-0.39, 0.29) is 34.6 Å². The maximum atomic E-state index is 13.5. The van der Waals surface area contributed by atoms with Gasteiger partial charge in [-0.2, -0.15) is 0 Å². The van der Waals surface area contributed by atoms with Crippen molar-refractivity contribution in [2.24, 2.45) is 11.8 Å². The number of carbonyl (C=O) groups excluding carboxylic acids is 1. The first kappa shape index (κ1) is 29.1. The SMILES string of the molecule is Cc1ccc(S(=O)(=O)N2C[C@@H]3C[C@H]4C[C@@H](CO[Si](c5ccccc5)(c5ccccc5)C(C)(C)C)CC[C@@H]4N3C2=O)cc1. The fourth-order valence-electron chi connectivity index (χ4n) is 7.75. The van der Waals surface area contributed by atoms with Crippen LogP contribution in [0, 0.1) is 18.8 Å². The van der Waals surface area contributed by atoms with E-state index >= 15 is 0 Å². The van der Waals surface area contributed by atoms with Gasteiger partial charge in [0.05, 0.1) is 17.5 Å². The van der Waals surface area contributed by atoms with Crippen LogP contribution in [-0.4, -0.2) is 57.2 Å². The van der Waals surface area contributed by atoms with Crippen molar-refractivity contribution in [1.29, 1.82) is 0 Å². The Kier molecular flexibility index (Phi) is 7.60. The molecule has 3 aromatic carbocycles. The van der Waals surface area contributed by atoms with E-state index < -0.39 is 18.3 Å². The molecule has 2 heterocycles. The fourth-order valence-corrected chi connectivity index (χ4v) is 13.8. The summed E-state index contributed by atoms with van der Waals surface area (Å²) in [6, 6.07) is 28.0. The van der Waals surface area contributed by atoms with E-state index in [1.54, 1.807) is 24.3 Å². The minimum absolute atomic E-state index is 0.0518. The number of carbonyl (C=O) groups is 1. The summed E-state index contributed by atoms with van der Waals surface area (Å²) in [6.45, 7) is 9.79. The Labute approximate surface area is 251 Å². The molecule has 42 heavy (non-hydrogen) atoms. The average molecular weight is 603 g/mol.